The highest BCUT2D eigenvalue weighted by molar-refractivity contribution is 6.31. The second kappa shape index (κ2) is 6.67. The minimum Gasteiger partial charge on any atom is -0.321 e. The van der Waals surface area contributed by atoms with Crippen LogP contribution in [0.1, 0.15) is 18.4 Å². The molecule has 0 bridgehead atoms. The van der Waals surface area contributed by atoms with Crippen LogP contribution in [0.4, 0.5) is 0 Å². The second-order valence-electron chi connectivity index (χ2n) is 3.89. The van der Waals surface area contributed by atoms with Crippen molar-refractivity contribution in [2.75, 3.05) is 13.1 Å². The maximum Gasteiger partial charge on any atom is 0.0456 e. The molecule has 0 saturated carbocycles. The van der Waals surface area contributed by atoms with Gasteiger partial charge in [-0.15, -0.1) is 24.8 Å². The zero-order chi connectivity index (χ0) is 10.0. The summed E-state index contributed by atoms with van der Waals surface area (Å²) in [6.07, 6.45) is 1.91. The van der Waals surface area contributed by atoms with E-state index in [-0.39, 0.29) is 30.4 Å². The summed E-state index contributed by atoms with van der Waals surface area (Å²) in [5, 5.41) is 4.09. The highest BCUT2D eigenvalue weighted by atomic mass is 35.5. The fraction of sp³-hybridized carbons (Fsp3) is 0.455. The van der Waals surface area contributed by atoms with E-state index < -0.39 is 0 Å². The van der Waals surface area contributed by atoms with Crippen molar-refractivity contribution < 1.29 is 0 Å². The molecule has 1 fully saturated rings. The average molecular weight is 284 g/mol. The summed E-state index contributed by atoms with van der Waals surface area (Å²) in [4.78, 5) is 0. The Morgan fingerprint density at radius 2 is 1.69 bits per heavy atom. The van der Waals surface area contributed by atoms with E-state index >= 15 is 0 Å². The molecule has 0 unspecified atom stereocenters. The van der Waals surface area contributed by atoms with Gasteiger partial charge in [0.1, 0.15) is 0 Å². The minimum atomic E-state index is -0.233. The van der Waals surface area contributed by atoms with Crippen LogP contribution in [0.3, 0.4) is 0 Å². The van der Waals surface area contributed by atoms with E-state index in [2.05, 4.69) is 5.32 Å². The number of nitrogens with two attached hydrogens (primary N) is 1. The van der Waals surface area contributed by atoms with Crippen molar-refractivity contribution in [3.63, 3.8) is 0 Å². The van der Waals surface area contributed by atoms with Crippen molar-refractivity contribution in [1.82, 2.24) is 5.32 Å². The quantitative estimate of drug-likeness (QED) is 0.832. The molecule has 1 aliphatic heterocycles. The third-order valence-corrected chi connectivity index (χ3v) is 3.24. The van der Waals surface area contributed by atoms with Crippen molar-refractivity contribution in [2.24, 2.45) is 5.73 Å². The molecular formula is C11H17Cl3N2. The molecule has 2 nitrogen and oxygen atoms in total. The van der Waals surface area contributed by atoms with Crippen molar-refractivity contribution >= 4 is 36.4 Å². The van der Waals surface area contributed by atoms with Gasteiger partial charge in [0.05, 0.1) is 0 Å². The van der Waals surface area contributed by atoms with Crippen LogP contribution in [0.2, 0.25) is 5.02 Å². The van der Waals surface area contributed by atoms with Crippen molar-refractivity contribution in [3.8, 4) is 0 Å². The molecule has 3 N–H and O–H groups in total. The monoisotopic (exact) mass is 282 g/mol. The molecule has 0 radical (unpaired) electrons. The van der Waals surface area contributed by atoms with Gasteiger partial charge in [-0.3, -0.25) is 0 Å². The van der Waals surface area contributed by atoms with Crippen LogP contribution >= 0.6 is 36.4 Å². The Kier molecular flexibility index (Phi) is 6.68. The largest absolute Gasteiger partial charge is 0.321 e. The summed E-state index contributed by atoms with van der Waals surface area (Å²) in [7, 11) is 0. The number of halogens is 3. The van der Waals surface area contributed by atoms with Gasteiger partial charge in [-0.25, -0.2) is 0 Å². The normalized spacial score (nSPS) is 18.1. The lowest BCUT2D eigenvalue weighted by atomic mass is 9.82. The first-order valence-electron chi connectivity index (χ1n) is 4.97. The first kappa shape index (κ1) is 16.0. The van der Waals surface area contributed by atoms with Crippen LogP contribution in [0.5, 0.6) is 0 Å². The summed E-state index contributed by atoms with van der Waals surface area (Å²) < 4.78 is 0. The molecule has 1 aliphatic rings. The first-order valence-corrected chi connectivity index (χ1v) is 5.35. The zero-order valence-corrected chi connectivity index (χ0v) is 11.3. The Balaban J connectivity index is 0.00000112. The maximum absolute atomic E-state index is 6.36. The van der Waals surface area contributed by atoms with Crippen molar-refractivity contribution in [2.45, 2.75) is 18.4 Å². The number of hydrogen-bond acceptors (Lipinski definition) is 2. The summed E-state index contributed by atoms with van der Waals surface area (Å²) >= 11 is 6.15. The lowest BCUT2D eigenvalue weighted by Crippen LogP contribution is -2.46. The van der Waals surface area contributed by atoms with Gasteiger partial charge >= 0.3 is 0 Å². The van der Waals surface area contributed by atoms with E-state index in [9.17, 15) is 0 Å². The van der Waals surface area contributed by atoms with Crippen molar-refractivity contribution in [3.05, 3.63) is 34.9 Å². The molecular weight excluding hydrogens is 266 g/mol. The molecule has 0 spiro atoms. The van der Waals surface area contributed by atoms with Crippen LogP contribution in [0.15, 0.2) is 24.3 Å². The van der Waals surface area contributed by atoms with Gasteiger partial charge in [-0.05, 0) is 37.6 Å². The Labute approximate surface area is 114 Å². The van der Waals surface area contributed by atoms with Gasteiger partial charge in [-0.2, -0.15) is 0 Å². The number of piperidine rings is 1. The summed E-state index contributed by atoms with van der Waals surface area (Å²) in [5.74, 6) is 0. The minimum absolute atomic E-state index is 0. The SMILES string of the molecule is Cl.Cl.NC1(c2ccccc2Cl)CCNCC1. The number of hydrogen-bond donors (Lipinski definition) is 2. The van der Waals surface area contributed by atoms with Gasteiger partial charge < -0.3 is 11.1 Å². The van der Waals surface area contributed by atoms with Gasteiger partial charge in [0.15, 0.2) is 0 Å². The second-order valence-corrected chi connectivity index (χ2v) is 4.29. The summed E-state index contributed by atoms with van der Waals surface area (Å²) in [6, 6.07) is 7.88. The zero-order valence-electron chi connectivity index (χ0n) is 8.91. The number of nitrogens with one attached hydrogen (secondary N) is 1. The Morgan fingerprint density at radius 1 is 1.12 bits per heavy atom. The van der Waals surface area contributed by atoms with Gasteiger partial charge in [0.25, 0.3) is 0 Å². The van der Waals surface area contributed by atoms with Crippen molar-refractivity contribution in [1.29, 1.82) is 0 Å². The maximum atomic E-state index is 6.36. The van der Waals surface area contributed by atoms with Gasteiger partial charge in [-0.1, -0.05) is 29.8 Å². The van der Waals surface area contributed by atoms with Gasteiger partial charge in [0, 0.05) is 10.6 Å². The molecule has 0 aromatic heterocycles. The topological polar surface area (TPSA) is 38.0 Å². The molecule has 1 saturated heterocycles. The summed E-state index contributed by atoms with van der Waals surface area (Å²) in [5.41, 5.74) is 7.21. The van der Waals surface area contributed by atoms with Crippen LogP contribution in [0.25, 0.3) is 0 Å². The number of rotatable bonds is 1. The molecule has 1 aromatic rings. The highest BCUT2D eigenvalue weighted by Gasteiger charge is 2.30. The van der Waals surface area contributed by atoms with Crippen LogP contribution in [0, 0.1) is 0 Å². The molecule has 2 rings (SSSR count). The van der Waals surface area contributed by atoms with E-state index in [1.54, 1.807) is 0 Å². The smallest absolute Gasteiger partial charge is 0.0456 e. The molecule has 16 heavy (non-hydrogen) atoms. The van der Waals surface area contributed by atoms with Crippen LogP contribution in [-0.2, 0) is 5.54 Å². The standard InChI is InChI=1S/C11H15ClN2.2ClH/c12-10-4-2-1-3-9(10)11(13)5-7-14-8-6-11;;/h1-4,14H,5-8,13H2;2*1H. The third-order valence-electron chi connectivity index (χ3n) is 2.91. The van der Waals surface area contributed by atoms with E-state index in [1.807, 2.05) is 24.3 Å². The Bertz CT molecular complexity index is 325. The number of benzene rings is 1. The fourth-order valence-electron chi connectivity index (χ4n) is 2.01. The highest BCUT2D eigenvalue weighted by Crippen LogP contribution is 2.32. The first-order chi connectivity index (χ1) is 6.72. The van der Waals surface area contributed by atoms with Gasteiger partial charge in [0.2, 0.25) is 0 Å². The lowest BCUT2D eigenvalue weighted by molar-refractivity contribution is 0.317. The summed E-state index contributed by atoms with van der Waals surface area (Å²) in [6.45, 7) is 1.95. The van der Waals surface area contributed by atoms with E-state index in [4.69, 9.17) is 17.3 Å². The van der Waals surface area contributed by atoms with E-state index in [0.29, 0.717) is 0 Å². The predicted octanol–water partition coefficient (Wildman–Crippen LogP) is 2.72. The predicted molar refractivity (Wildman–Crippen MR) is 73.9 cm³/mol. The van der Waals surface area contributed by atoms with E-state index in [0.717, 1.165) is 36.5 Å². The molecule has 92 valence electrons. The van der Waals surface area contributed by atoms with E-state index in [1.165, 1.54) is 0 Å². The Hall–Kier alpha value is 0.01000. The lowest BCUT2D eigenvalue weighted by Gasteiger charge is -2.34. The molecule has 0 amide bonds. The Morgan fingerprint density at radius 3 is 2.25 bits per heavy atom. The molecule has 0 aliphatic carbocycles. The van der Waals surface area contributed by atoms with Crippen LogP contribution in [-0.4, -0.2) is 13.1 Å². The third kappa shape index (κ3) is 3.25. The average Bonchev–Trinajstić information content (AvgIpc) is 2.19. The molecule has 1 aromatic carbocycles. The fourth-order valence-corrected chi connectivity index (χ4v) is 2.33. The molecule has 1 heterocycles. The van der Waals surface area contributed by atoms with Crippen LogP contribution < -0.4 is 11.1 Å². The molecule has 5 heteroatoms. The molecule has 0 atom stereocenters.